The first-order chi connectivity index (χ1) is 11.5. The van der Waals surface area contributed by atoms with Crippen LogP contribution in [0.5, 0.6) is 5.75 Å². The number of fused-ring (bicyclic) bond motifs is 2. The average molecular weight is 342 g/mol. The summed E-state index contributed by atoms with van der Waals surface area (Å²) in [5.41, 5.74) is 9.47. The van der Waals surface area contributed by atoms with Crippen molar-refractivity contribution in [2.45, 2.75) is 26.5 Å². The summed E-state index contributed by atoms with van der Waals surface area (Å²) >= 11 is 1.63. The van der Waals surface area contributed by atoms with E-state index >= 15 is 0 Å². The van der Waals surface area contributed by atoms with Gasteiger partial charge >= 0.3 is 0 Å². The first kappa shape index (κ1) is 15.2. The van der Waals surface area contributed by atoms with Crippen LogP contribution in [-0.2, 0) is 11.3 Å². The minimum Gasteiger partial charge on any atom is -0.479 e. The van der Waals surface area contributed by atoms with Crippen LogP contribution in [0.1, 0.15) is 17.5 Å². The third-order valence-electron chi connectivity index (χ3n) is 4.31. The lowest BCUT2D eigenvalue weighted by Gasteiger charge is -2.30. The zero-order valence-corrected chi connectivity index (χ0v) is 14.6. The van der Waals surface area contributed by atoms with Gasteiger partial charge in [0, 0.05) is 30.2 Å². The van der Waals surface area contributed by atoms with E-state index in [0.717, 1.165) is 27.6 Å². The molecule has 4 rings (SSSR count). The van der Waals surface area contributed by atoms with Crippen molar-refractivity contribution in [1.29, 1.82) is 0 Å². The van der Waals surface area contributed by atoms with Crippen LogP contribution in [0.25, 0.3) is 16.2 Å². The van der Waals surface area contributed by atoms with E-state index in [4.69, 9.17) is 15.5 Å². The number of imidazole rings is 1. The van der Waals surface area contributed by atoms with Crippen molar-refractivity contribution in [3.63, 3.8) is 0 Å². The Bertz CT molecular complexity index is 959. The summed E-state index contributed by atoms with van der Waals surface area (Å²) in [6.45, 7) is 4.21. The Morgan fingerprint density at radius 2 is 2.21 bits per heavy atom. The van der Waals surface area contributed by atoms with Gasteiger partial charge in [-0.05, 0) is 32.0 Å². The summed E-state index contributed by atoms with van der Waals surface area (Å²) in [7, 11) is 1.77. The number of nitrogens with zero attached hydrogens (tertiary/aromatic N) is 3. The van der Waals surface area contributed by atoms with Gasteiger partial charge in [0.25, 0.3) is 5.91 Å². The lowest BCUT2D eigenvalue weighted by molar-refractivity contribution is -0.125. The van der Waals surface area contributed by atoms with E-state index in [9.17, 15) is 4.79 Å². The number of hydrogen-bond donors (Lipinski definition) is 1. The molecule has 1 atom stereocenters. The number of likely N-dealkylation sites (N-methyl/N-ethyl adjacent to an activating group) is 1. The van der Waals surface area contributed by atoms with Crippen molar-refractivity contribution < 1.29 is 9.53 Å². The molecule has 3 aromatic rings. The Labute approximate surface area is 143 Å². The number of ether oxygens (including phenoxy) is 1. The molecule has 7 heteroatoms. The number of aryl methyl sites for hydroxylation is 1. The van der Waals surface area contributed by atoms with Gasteiger partial charge in [0.15, 0.2) is 11.1 Å². The fraction of sp³-hybridized carbons (Fsp3) is 0.294. The number of nitrogens with two attached hydrogens (primary N) is 1. The quantitative estimate of drug-likeness (QED) is 0.777. The molecule has 0 spiro atoms. The highest BCUT2D eigenvalue weighted by Crippen LogP contribution is 2.38. The van der Waals surface area contributed by atoms with E-state index < -0.39 is 6.10 Å². The molecule has 0 saturated heterocycles. The standard InChI is InChI=1S/C17H18N4O2S/c1-9-8-21-13(7-18)15(19-17(21)24-9)11-4-5-14-12(6-11)20(3)16(22)10(2)23-14/h4-6,8,10H,7,18H2,1-3H3. The largest absolute Gasteiger partial charge is 0.479 e. The zero-order valence-electron chi connectivity index (χ0n) is 13.7. The van der Waals surface area contributed by atoms with Gasteiger partial charge in [-0.3, -0.25) is 9.20 Å². The molecule has 6 nitrogen and oxygen atoms in total. The number of benzene rings is 1. The molecule has 1 aliphatic rings. The lowest BCUT2D eigenvalue weighted by atomic mass is 10.1. The van der Waals surface area contributed by atoms with Crippen molar-refractivity contribution in [2.24, 2.45) is 5.73 Å². The van der Waals surface area contributed by atoms with Crippen LogP contribution in [0.2, 0.25) is 0 Å². The number of thiazole rings is 1. The van der Waals surface area contributed by atoms with Crippen LogP contribution >= 0.6 is 11.3 Å². The van der Waals surface area contributed by atoms with Gasteiger partial charge in [0.05, 0.1) is 17.1 Å². The van der Waals surface area contributed by atoms with Gasteiger partial charge in [-0.1, -0.05) is 0 Å². The summed E-state index contributed by atoms with van der Waals surface area (Å²) in [4.78, 5) is 20.7. The number of aromatic nitrogens is 2. The Morgan fingerprint density at radius 1 is 1.42 bits per heavy atom. The van der Waals surface area contributed by atoms with E-state index in [-0.39, 0.29) is 5.91 Å². The molecule has 0 fully saturated rings. The molecule has 0 aliphatic carbocycles. The molecule has 3 heterocycles. The van der Waals surface area contributed by atoms with Gasteiger partial charge in [-0.25, -0.2) is 4.98 Å². The molecule has 1 aliphatic heterocycles. The predicted octanol–water partition coefficient (Wildman–Crippen LogP) is 2.57. The molecule has 24 heavy (non-hydrogen) atoms. The highest BCUT2D eigenvalue weighted by atomic mass is 32.1. The number of carbonyl (C=O) groups excluding carboxylic acids is 1. The Hall–Kier alpha value is -2.38. The van der Waals surface area contributed by atoms with Gasteiger partial charge in [-0.15, -0.1) is 11.3 Å². The van der Waals surface area contributed by atoms with Crippen LogP contribution in [0.4, 0.5) is 5.69 Å². The number of carbonyl (C=O) groups is 1. The van der Waals surface area contributed by atoms with Crippen LogP contribution in [0.3, 0.4) is 0 Å². The SMILES string of the molecule is Cc1cn2c(CN)c(-c3ccc4c(c3)N(C)C(=O)C(C)O4)nc2s1. The van der Waals surface area contributed by atoms with Crippen LogP contribution in [-0.4, -0.2) is 28.4 Å². The molecule has 124 valence electrons. The van der Waals surface area contributed by atoms with Crippen LogP contribution in [0.15, 0.2) is 24.4 Å². The fourth-order valence-electron chi connectivity index (χ4n) is 3.09. The van der Waals surface area contributed by atoms with Gasteiger partial charge in [-0.2, -0.15) is 0 Å². The Kier molecular flexibility index (Phi) is 3.36. The van der Waals surface area contributed by atoms with E-state index in [0.29, 0.717) is 12.3 Å². The molecule has 0 bridgehead atoms. The van der Waals surface area contributed by atoms with Gasteiger partial charge in [0.1, 0.15) is 5.75 Å². The molecule has 1 amide bonds. The van der Waals surface area contributed by atoms with E-state index in [1.807, 2.05) is 22.6 Å². The molecule has 1 aromatic carbocycles. The number of amides is 1. The molecule has 2 N–H and O–H groups in total. The normalized spacial score (nSPS) is 17.2. The monoisotopic (exact) mass is 342 g/mol. The van der Waals surface area contributed by atoms with Crippen LogP contribution in [0, 0.1) is 6.92 Å². The number of rotatable bonds is 2. The van der Waals surface area contributed by atoms with Gasteiger partial charge in [0.2, 0.25) is 0 Å². The van der Waals surface area contributed by atoms with E-state index in [1.165, 1.54) is 4.88 Å². The zero-order chi connectivity index (χ0) is 17.0. The highest BCUT2D eigenvalue weighted by Gasteiger charge is 2.29. The van der Waals surface area contributed by atoms with Crippen molar-refractivity contribution >= 4 is 27.9 Å². The molecule has 0 radical (unpaired) electrons. The highest BCUT2D eigenvalue weighted by molar-refractivity contribution is 7.17. The average Bonchev–Trinajstić information content (AvgIpc) is 3.08. The molecule has 1 unspecified atom stereocenters. The minimum atomic E-state index is -0.464. The molecular formula is C17H18N4O2S. The van der Waals surface area contributed by atoms with Crippen molar-refractivity contribution in [1.82, 2.24) is 9.38 Å². The van der Waals surface area contributed by atoms with Crippen molar-refractivity contribution in [2.75, 3.05) is 11.9 Å². The molecule has 2 aromatic heterocycles. The maximum absolute atomic E-state index is 12.2. The summed E-state index contributed by atoms with van der Waals surface area (Å²) in [6, 6.07) is 5.80. The first-order valence-electron chi connectivity index (χ1n) is 7.75. The van der Waals surface area contributed by atoms with Crippen LogP contribution < -0.4 is 15.4 Å². The summed E-state index contributed by atoms with van der Waals surface area (Å²) in [6.07, 6.45) is 1.59. The summed E-state index contributed by atoms with van der Waals surface area (Å²) in [5, 5.41) is 0. The third kappa shape index (κ3) is 2.12. The van der Waals surface area contributed by atoms with Crippen molar-refractivity contribution in [3.8, 4) is 17.0 Å². The fourth-order valence-corrected chi connectivity index (χ4v) is 3.93. The molecular weight excluding hydrogens is 324 g/mol. The second kappa shape index (κ2) is 5.32. The third-order valence-corrected chi connectivity index (χ3v) is 5.21. The number of anilines is 1. The summed E-state index contributed by atoms with van der Waals surface area (Å²) < 4.78 is 7.73. The number of hydrogen-bond acceptors (Lipinski definition) is 5. The second-order valence-corrected chi connectivity index (χ2v) is 7.16. The van der Waals surface area contributed by atoms with Gasteiger partial charge < -0.3 is 15.4 Å². The topological polar surface area (TPSA) is 72.9 Å². The molecule has 0 saturated carbocycles. The Morgan fingerprint density at radius 3 is 2.96 bits per heavy atom. The van der Waals surface area contributed by atoms with Crippen molar-refractivity contribution in [3.05, 3.63) is 35.0 Å². The second-order valence-electron chi connectivity index (χ2n) is 5.95. The smallest absolute Gasteiger partial charge is 0.267 e. The maximum atomic E-state index is 12.2. The predicted molar refractivity (Wildman–Crippen MR) is 94.6 cm³/mol. The van der Waals surface area contributed by atoms with E-state index in [1.54, 1.807) is 30.2 Å². The maximum Gasteiger partial charge on any atom is 0.267 e. The minimum absolute atomic E-state index is 0.0554. The van der Waals surface area contributed by atoms with E-state index in [2.05, 4.69) is 13.1 Å². The summed E-state index contributed by atoms with van der Waals surface area (Å²) in [5.74, 6) is 0.652. The first-order valence-corrected chi connectivity index (χ1v) is 8.57. The lowest BCUT2D eigenvalue weighted by Crippen LogP contribution is -2.41. The Balaban J connectivity index is 1.86.